The summed E-state index contributed by atoms with van der Waals surface area (Å²) in [5.74, 6) is -0.864. The summed E-state index contributed by atoms with van der Waals surface area (Å²) in [4.78, 5) is 26.7. The molecule has 4 nitrogen and oxygen atoms in total. The highest BCUT2D eigenvalue weighted by atomic mass is 16.2. The lowest BCUT2D eigenvalue weighted by atomic mass is 9.96. The Hall–Kier alpha value is -2.62. The van der Waals surface area contributed by atoms with E-state index in [4.69, 9.17) is 0 Å². The van der Waals surface area contributed by atoms with Crippen LogP contribution in [0.1, 0.15) is 37.9 Å². The highest BCUT2D eigenvalue weighted by Crippen LogP contribution is 2.21. The van der Waals surface area contributed by atoms with E-state index in [2.05, 4.69) is 5.32 Å². The highest BCUT2D eigenvalue weighted by molar-refractivity contribution is 6.35. The summed E-state index contributed by atoms with van der Waals surface area (Å²) in [6, 6.07) is 19.3. The SMILES string of the molecule is CCN(Cc1ccccc1)C(=O)C(=O)NC(c1ccccc1)C(C)C. The smallest absolute Gasteiger partial charge is 0.312 e. The van der Waals surface area contributed by atoms with Gasteiger partial charge in [0.2, 0.25) is 0 Å². The first kappa shape index (κ1) is 18.7. The quantitative estimate of drug-likeness (QED) is 0.819. The molecule has 1 atom stereocenters. The lowest BCUT2D eigenvalue weighted by Crippen LogP contribution is -2.44. The number of nitrogens with one attached hydrogen (secondary N) is 1. The van der Waals surface area contributed by atoms with Gasteiger partial charge in [-0.1, -0.05) is 74.5 Å². The van der Waals surface area contributed by atoms with E-state index in [0.29, 0.717) is 13.1 Å². The number of carbonyl (C=O) groups excluding carboxylic acids is 2. The van der Waals surface area contributed by atoms with E-state index in [1.54, 1.807) is 4.90 Å². The first-order valence-corrected chi connectivity index (χ1v) is 8.71. The maximum absolute atomic E-state index is 12.6. The van der Waals surface area contributed by atoms with Crippen LogP contribution in [0.4, 0.5) is 0 Å². The van der Waals surface area contributed by atoms with Gasteiger partial charge in [0.1, 0.15) is 0 Å². The van der Waals surface area contributed by atoms with Gasteiger partial charge in [0, 0.05) is 13.1 Å². The van der Waals surface area contributed by atoms with E-state index in [9.17, 15) is 9.59 Å². The van der Waals surface area contributed by atoms with Gasteiger partial charge in [-0.3, -0.25) is 9.59 Å². The van der Waals surface area contributed by atoms with Gasteiger partial charge >= 0.3 is 11.8 Å². The number of likely N-dealkylation sites (N-methyl/N-ethyl adjacent to an activating group) is 1. The fourth-order valence-electron chi connectivity index (χ4n) is 2.77. The molecule has 0 fully saturated rings. The average Bonchev–Trinajstić information content (AvgIpc) is 2.64. The summed E-state index contributed by atoms with van der Waals surface area (Å²) in [7, 11) is 0. The molecular formula is C21H26N2O2. The van der Waals surface area contributed by atoms with Gasteiger partial charge in [0.05, 0.1) is 6.04 Å². The van der Waals surface area contributed by atoms with E-state index < -0.39 is 11.8 Å². The van der Waals surface area contributed by atoms with Gasteiger partial charge in [-0.15, -0.1) is 0 Å². The lowest BCUT2D eigenvalue weighted by molar-refractivity contribution is -0.146. The van der Waals surface area contributed by atoms with Crippen molar-refractivity contribution >= 4 is 11.8 Å². The molecule has 0 saturated carbocycles. The Balaban J connectivity index is 2.07. The summed E-state index contributed by atoms with van der Waals surface area (Å²) in [5, 5.41) is 2.90. The third-order valence-electron chi connectivity index (χ3n) is 4.19. The molecule has 0 spiro atoms. The highest BCUT2D eigenvalue weighted by Gasteiger charge is 2.25. The van der Waals surface area contributed by atoms with Crippen molar-refractivity contribution in [1.82, 2.24) is 10.2 Å². The summed E-state index contributed by atoms with van der Waals surface area (Å²) in [6.07, 6.45) is 0. The normalized spacial score (nSPS) is 11.8. The number of benzene rings is 2. The minimum Gasteiger partial charge on any atom is -0.341 e. The number of hydrogen-bond acceptors (Lipinski definition) is 2. The number of hydrogen-bond donors (Lipinski definition) is 1. The molecule has 132 valence electrons. The summed E-state index contributed by atoms with van der Waals surface area (Å²) in [6.45, 7) is 6.86. The van der Waals surface area contributed by atoms with Gasteiger partial charge in [-0.2, -0.15) is 0 Å². The zero-order chi connectivity index (χ0) is 18.2. The maximum atomic E-state index is 12.6. The molecule has 0 heterocycles. The van der Waals surface area contributed by atoms with Gasteiger partial charge < -0.3 is 10.2 Å². The number of amides is 2. The molecule has 0 aromatic heterocycles. The molecule has 2 amide bonds. The second kappa shape index (κ2) is 9.02. The van der Waals surface area contributed by atoms with Crippen molar-refractivity contribution in [3.05, 3.63) is 71.8 Å². The Bertz CT molecular complexity index is 684. The summed E-state index contributed by atoms with van der Waals surface area (Å²) >= 11 is 0. The van der Waals surface area contributed by atoms with Crippen LogP contribution < -0.4 is 5.32 Å². The molecule has 0 aliphatic carbocycles. The Kier molecular flexibility index (Phi) is 6.75. The van der Waals surface area contributed by atoms with Crippen LogP contribution in [0.25, 0.3) is 0 Å². The standard InChI is InChI=1S/C21H26N2O2/c1-4-23(15-17-11-7-5-8-12-17)21(25)20(24)22-19(16(2)3)18-13-9-6-10-14-18/h5-14,16,19H,4,15H2,1-3H3,(H,22,24). The predicted octanol–water partition coefficient (Wildman–Crippen LogP) is 3.55. The maximum Gasteiger partial charge on any atom is 0.312 e. The minimum atomic E-state index is -0.555. The first-order valence-electron chi connectivity index (χ1n) is 8.71. The van der Waals surface area contributed by atoms with Gasteiger partial charge in [-0.05, 0) is 24.0 Å². The molecule has 2 aromatic carbocycles. The topological polar surface area (TPSA) is 49.4 Å². The predicted molar refractivity (Wildman–Crippen MR) is 99.7 cm³/mol. The second-order valence-electron chi connectivity index (χ2n) is 6.41. The van der Waals surface area contributed by atoms with Crippen LogP contribution in [-0.4, -0.2) is 23.3 Å². The van der Waals surface area contributed by atoms with Crippen LogP contribution in [0.2, 0.25) is 0 Å². The van der Waals surface area contributed by atoms with Crippen LogP contribution in [0.15, 0.2) is 60.7 Å². The van der Waals surface area contributed by atoms with E-state index in [1.807, 2.05) is 81.4 Å². The van der Waals surface area contributed by atoms with Crippen molar-refractivity contribution in [2.75, 3.05) is 6.54 Å². The molecule has 25 heavy (non-hydrogen) atoms. The van der Waals surface area contributed by atoms with Crippen LogP contribution in [-0.2, 0) is 16.1 Å². The molecule has 0 radical (unpaired) electrons. The fourth-order valence-corrected chi connectivity index (χ4v) is 2.77. The average molecular weight is 338 g/mol. The van der Waals surface area contributed by atoms with Crippen LogP contribution in [0, 0.1) is 5.92 Å². The van der Waals surface area contributed by atoms with Crippen LogP contribution in [0.5, 0.6) is 0 Å². The number of rotatable bonds is 6. The third kappa shape index (κ3) is 5.18. The van der Waals surface area contributed by atoms with Crippen LogP contribution in [0.3, 0.4) is 0 Å². The largest absolute Gasteiger partial charge is 0.341 e. The van der Waals surface area contributed by atoms with E-state index in [-0.39, 0.29) is 12.0 Å². The molecule has 0 aliphatic rings. The Morgan fingerprint density at radius 1 is 0.960 bits per heavy atom. The van der Waals surface area contributed by atoms with Gasteiger partial charge in [0.15, 0.2) is 0 Å². The zero-order valence-electron chi connectivity index (χ0n) is 15.1. The van der Waals surface area contributed by atoms with Crippen molar-refractivity contribution in [2.24, 2.45) is 5.92 Å². The van der Waals surface area contributed by atoms with E-state index >= 15 is 0 Å². The van der Waals surface area contributed by atoms with Crippen molar-refractivity contribution in [3.63, 3.8) is 0 Å². The zero-order valence-corrected chi connectivity index (χ0v) is 15.1. The Labute approximate surface area is 149 Å². The van der Waals surface area contributed by atoms with Crippen molar-refractivity contribution in [3.8, 4) is 0 Å². The second-order valence-corrected chi connectivity index (χ2v) is 6.41. The van der Waals surface area contributed by atoms with Crippen molar-refractivity contribution in [1.29, 1.82) is 0 Å². The molecule has 2 aromatic rings. The monoisotopic (exact) mass is 338 g/mol. The van der Waals surface area contributed by atoms with E-state index in [1.165, 1.54) is 0 Å². The fraction of sp³-hybridized carbons (Fsp3) is 0.333. The van der Waals surface area contributed by atoms with Crippen molar-refractivity contribution < 1.29 is 9.59 Å². The molecule has 1 N–H and O–H groups in total. The molecular weight excluding hydrogens is 312 g/mol. The Morgan fingerprint density at radius 2 is 1.52 bits per heavy atom. The lowest BCUT2D eigenvalue weighted by Gasteiger charge is -2.25. The molecule has 0 aliphatic heterocycles. The van der Waals surface area contributed by atoms with Crippen LogP contribution >= 0.6 is 0 Å². The Morgan fingerprint density at radius 3 is 2.04 bits per heavy atom. The number of nitrogens with zero attached hydrogens (tertiary/aromatic N) is 1. The summed E-state index contributed by atoms with van der Waals surface area (Å²) in [5.41, 5.74) is 2.01. The number of carbonyl (C=O) groups is 2. The molecule has 4 heteroatoms. The van der Waals surface area contributed by atoms with E-state index in [0.717, 1.165) is 11.1 Å². The van der Waals surface area contributed by atoms with Gasteiger partial charge in [0.25, 0.3) is 0 Å². The minimum absolute atomic E-state index is 0.184. The molecule has 2 rings (SSSR count). The van der Waals surface area contributed by atoms with Gasteiger partial charge in [-0.25, -0.2) is 0 Å². The molecule has 0 bridgehead atoms. The molecule has 1 unspecified atom stereocenters. The molecule has 0 saturated heterocycles. The third-order valence-corrected chi connectivity index (χ3v) is 4.19. The summed E-state index contributed by atoms with van der Waals surface area (Å²) < 4.78 is 0. The first-order chi connectivity index (χ1) is 12.0. The van der Waals surface area contributed by atoms with Crippen molar-refractivity contribution in [2.45, 2.75) is 33.4 Å².